The summed E-state index contributed by atoms with van der Waals surface area (Å²) in [4.78, 5) is 1.84. The van der Waals surface area contributed by atoms with Crippen molar-refractivity contribution in [3.8, 4) is 0 Å². The molecule has 0 saturated carbocycles. The second-order valence-corrected chi connectivity index (χ2v) is 11.4. The first-order valence-corrected chi connectivity index (χ1v) is 13.9. The van der Waals surface area contributed by atoms with E-state index in [1.165, 1.54) is 10.4 Å². The quantitative estimate of drug-likeness (QED) is 0.495. The van der Waals surface area contributed by atoms with Crippen LogP contribution in [-0.2, 0) is 16.6 Å². The summed E-state index contributed by atoms with van der Waals surface area (Å²) in [6.45, 7) is 6.85. The largest absolute Gasteiger partial charge is 0.369 e. The van der Waals surface area contributed by atoms with Gasteiger partial charge in [0.05, 0.1) is 5.69 Å². The van der Waals surface area contributed by atoms with Crippen molar-refractivity contribution in [3.05, 3.63) is 78.4 Å². The Balaban J connectivity index is 1.52. The Bertz CT molecular complexity index is 1220. The van der Waals surface area contributed by atoms with Crippen LogP contribution in [0.4, 0.5) is 14.5 Å². The molecular weight excluding hydrogens is 484 g/mol. The van der Waals surface area contributed by atoms with Crippen LogP contribution in [0.2, 0.25) is 0 Å². The minimum atomic E-state index is -3.78. The molecule has 0 spiro atoms. The number of anilines is 1. The zero-order valence-corrected chi connectivity index (χ0v) is 21.4. The molecule has 4 rings (SSSR count). The van der Waals surface area contributed by atoms with Crippen LogP contribution in [0.25, 0.3) is 0 Å². The second-order valence-electron chi connectivity index (χ2n) is 9.28. The van der Waals surface area contributed by atoms with Gasteiger partial charge in [-0.25, -0.2) is 17.2 Å². The maximum Gasteiger partial charge on any atom is 0.221 e. The van der Waals surface area contributed by atoms with Gasteiger partial charge in [0.25, 0.3) is 0 Å². The fraction of sp³-hybridized carbons (Fsp3) is 0.462. The molecule has 2 aliphatic heterocycles. The number of sulfonamides is 1. The molecule has 7 nitrogen and oxygen atoms in total. The molecule has 0 bridgehead atoms. The van der Waals surface area contributed by atoms with E-state index in [2.05, 4.69) is 16.8 Å². The van der Waals surface area contributed by atoms with E-state index in [1.54, 1.807) is 30.9 Å². The molecular formula is C26H33F2N5O2S. The van der Waals surface area contributed by atoms with Crippen molar-refractivity contribution in [3.63, 3.8) is 0 Å². The molecule has 0 unspecified atom stereocenters. The average Bonchev–Trinajstić information content (AvgIpc) is 3.37. The maximum atomic E-state index is 15.2. The highest BCUT2D eigenvalue weighted by Gasteiger charge is 2.36. The normalized spacial score (nSPS) is 22.1. The van der Waals surface area contributed by atoms with E-state index in [0.717, 1.165) is 25.3 Å². The van der Waals surface area contributed by atoms with E-state index in [0.29, 0.717) is 31.5 Å². The summed E-state index contributed by atoms with van der Waals surface area (Å²) in [6, 6.07) is 2.58. The van der Waals surface area contributed by atoms with Gasteiger partial charge in [0.15, 0.2) is 0 Å². The smallest absolute Gasteiger partial charge is 0.221 e. The van der Waals surface area contributed by atoms with E-state index < -0.39 is 26.9 Å². The van der Waals surface area contributed by atoms with Gasteiger partial charge in [-0.15, -0.1) is 10.2 Å². The summed E-state index contributed by atoms with van der Waals surface area (Å²) < 4.78 is 60.7. The van der Waals surface area contributed by atoms with Gasteiger partial charge in [0.2, 0.25) is 10.0 Å². The Labute approximate surface area is 211 Å². The number of aromatic nitrogens is 3. The van der Waals surface area contributed by atoms with Crippen LogP contribution in [0, 0.1) is 11.6 Å². The van der Waals surface area contributed by atoms with Gasteiger partial charge in [0, 0.05) is 43.9 Å². The zero-order chi connectivity index (χ0) is 25.7. The molecule has 2 saturated heterocycles. The molecule has 36 heavy (non-hydrogen) atoms. The van der Waals surface area contributed by atoms with Gasteiger partial charge in [0.1, 0.15) is 29.5 Å². The van der Waals surface area contributed by atoms with Crippen molar-refractivity contribution in [1.82, 2.24) is 19.1 Å². The predicted octanol–water partition coefficient (Wildman–Crippen LogP) is 4.77. The average molecular weight is 518 g/mol. The highest BCUT2D eigenvalue weighted by molar-refractivity contribution is 7.89. The number of hydrogen-bond donors (Lipinski definition) is 0. The molecule has 2 aromatic rings. The summed E-state index contributed by atoms with van der Waals surface area (Å²) in [6.07, 6.45) is 13.6. The van der Waals surface area contributed by atoms with Gasteiger partial charge >= 0.3 is 0 Å². The third-order valence-electron chi connectivity index (χ3n) is 7.06. The lowest BCUT2D eigenvalue weighted by molar-refractivity contribution is 0.390. The van der Waals surface area contributed by atoms with E-state index in [9.17, 15) is 8.42 Å². The summed E-state index contributed by atoms with van der Waals surface area (Å²) in [5.74, 6) is -1.14. The number of nitrogens with zero attached hydrogens (tertiary/aromatic N) is 5. The number of rotatable bonds is 7. The van der Waals surface area contributed by atoms with Crippen LogP contribution in [0.15, 0.2) is 61.2 Å². The lowest BCUT2D eigenvalue weighted by atomic mass is 10.0. The molecule has 1 aromatic carbocycles. The Morgan fingerprint density at radius 1 is 1.08 bits per heavy atom. The molecule has 0 amide bonds. The molecule has 2 fully saturated rings. The van der Waals surface area contributed by atoms with Gasteiger partial charge in [-0.3, -0.25) is 0 Å². The molecule has 1 atom stereocenters. The van der Waals surface area contributed by atoms with Crippen LogP contribution in [-0.4, -0.2) is 52.4 Å². The third-order valence-corrected chi connectivity index (χ3v) is 9.32. The number of allylic oxidation sites excluding steroid dienone is 4. The second kappa shape index (κ2) is 11.5. The summed E-state index contributed by atoms with van der Waals surface area (Å²) in [5.41, 5.74) is 0.854. The summed E-state index contributed by atoms with van der Waals surface area (Å²) in [5, 5.41) is 6.92. The van der Waals surface area contributed by atoms with Gasteiger partial charge in [-0.1, -0.05) is 37.3 Å². The molecule has 0 N–H and O–H groups in total. The molecule has 1 aromatic heterocycles. The lowest BCUT2D eigenvalue weighted by Crippen LogP contribution is -2.38. The Morgan fingerprint density at radius 2 is 1.81 bits per heavy atom. The Hall–Kier alpha value is -2.85. The van der Waals surface area contributed by atoms with Crippen LogP contribution in [0.1, 0.15) is 50.6 Å². The topological polar surface area (TPSA) is 71.3 Å². The number of halogens is 2. The van der Waals surface area contributed by atoms with Crippen LogP contribution >= 0.6 is 0 Å². The third kappa shape index (κ3) is 5.59. The van der Waals surface area contributed by atoms with E-state index in [1.807, 2.05) is 22.5 Å². The molecule has 0 aliphatic carbocycles. The van der Waals surface area contributed by atoms with E-state index in [-0.39, 0.29) is 30.4 Å². The number of piperidine rings is 1. The monoisotopic (exact) mass is 517 g/mol. The fourth-order valence-corrected chi connectivity index (χ4v) is 7.07. The van der Waals surface area contributed by atoms with Gasteiger partial charge < -0.3 is 9.47 Å². The van der Waals surface area contributed by atoms with Crippen LogP contribution in [0.3, 0.4) is 0 Å². The molecule has 194 valence electrons. The number of benzene rings is 1. The van der Waals surface area contributed by atoms with Gasteiger partial charge in [-0.2, -0.15) is 4.31 Å². The van der Waals surface area contributed by atoms with Crippen molar-refractivity contribution >= 4 is 15.7 Å². The van der Waals surface area contributed by atoms with Crippen molar-refractivity contribution in [2.75, 3.05) is 24.5 Å². The number of hydrogen-bond acceptors (Lipinski definition) is 5. The Kier molecular flexibility index (Phi) is 8.35. The van der Waals surface area contributed by atoms with Crippen LogP contribution < -0.4 is 4.90 Å². The highest BCUT2D eigenvalue weighted by atomic mass is 32.2. The maximum absolute atomic E-state index is 15.2. The minimum absolute atomic E-state index is 0.0393. The van der Waals surface area contributed by atoms with E-state index in [4.69, 9.17) is 0 Å². The summed E-state index contributed by atoms with van der Waals surface area (Å²) in [7, 11) is -3.78. The SMILES string of the molecule is C=C/C(=C\C=C/C)[C@@H]1CCCCN(Cc2cc(F)c(N3CCC(n4cnnc4)CC3)cc2F)S1(=O)=O. The first-order valence-electron chi connectivity index (χ1n) is 12.4. The molecule has 0 radical (unpaired) electrons. The summed E-state index contributed by atoms with van der Waals surface area (Å²) >= 11 is 0. The van der Waals surface area contributed by atoms with Crippen molar-refractivity contribution in [1.29, 1.82) is 0 Å². The van der Waals surface area contributed by atoms with Crippen molar-refractivity contribution in [2.24, 2.45) is 0 Å². The minimum Gasteiger partial charge on any atom is -0.369 e. The standard InChI is InChI=1S/C26H33F2N5O2S/c1-3-5-8-20(4-2)26-9-6-7-12-33(36(26,34)35)17-21-15-24(28)25(16-23(21)27)31-13-10-22(11-14-31)32-18-29-30-19-32/h3-5,8,15-16,18-19,22,26H,2,6-7,9-14,17H2,1H3/b5-3-,20-8+/t26-/m0/s1. The molecule has 2 aliphatic rings. The van der Waals surface area contributed by atoms with Crippen molar-refractivity contribution < 1.29 is 17.2 Å². The van der Waals surface area contributed by atoms with Gasteiger partial charge in [-0.05, 0) is 44.2 Å². The molecule has 3 heterocycles. The lowest BCUT2D eigenvalue weighted by Gasteiger charge is -2.34. The first-order chi connectivity index (χ1) is 17.3. The van der Waals surface area contributed by atoms with Crippen molar-refractivity contribution in [2.45, 2.75) is 56.9 Å². The zero-order valence-electron chi connectivity index (χ0n) is 20.6. The molecule has 10 heteroatoms. The predicted molar refractivity (Wildman–Crippen MR) is 137 cm³/mol. The fourth-order valence-electron chi connectivity index (χ4n) is 5.03. The Morgan fingerprint density at radius 3 is 2.47 bits per heavy atom. The first kappa shape index (κ1) is 26.2. The van der Waals surface area contributed by atoms with Crippen LogP contribution in [0.5, 0.6) is 0 Å². The van der Waals surface area contributed by atoms with E-state index >= 15 is 8.78 Å². The highest BCUT2D eigenvalue weighted by Crippen LogP contribution is 2.32.